The van der Waals surface area contributed by atoms with Gasteiger partial charge in [0.2, 0.25) is 0 Å². The Labute approximate surface area is 101 Å². The molecule has 0 bridgehead atoms. The minimum absolute atomic E-state index is 0.0158. The van der Waals surface area contributed by atoms with Gasteiger partial charge in [-0.25, -0.2) is 0 Å². The summed E-state index contributed by atoms with van der Waals surface area (Å²) in [5.74, 6) is 0.799. The Morgan fingerprint density at radius 1 is 1.06 bits per heavy atom. The number of carbonyl (C=O) groups excluding carboxylic acids is 1. The molecule has 0 aliphatic heterocycles. The fourth-order valence-electron chi connectivity index (χ4n) is 1.57. The Morgan fingerprint density at radius 3 is 2.24 bits per heavy atom. The van der Waals surface area contributed by atoms with E-state index >= 15 is 0 Å². The van der Waals surface area contributed by atoms with E-state index in [-0.39, 0.29) is 5.78 Å². The summed E-state index contributed by atoms with van der Waals surface area (Å²) in [5, 5.41) is 0. The lowest BCUT2D eigenvalue weighted by Gasteiger charge is -2.04. The zero-order chi connectivity index (χ0) is 12.1. The maximum Gasteiger partial charge on any atom is 0.193 e. The third-order valence-electron chi connectivity index (χ3n) is 2.41. The van der Waals surface area contributed by atoms with Crippen molar-refractivity contribution in [1.29, 1.82) is 0 Å². The highest BCUT2D eigenvalue weighted by Crippen LogP contribution is 2.15. The van der Waals surface area contributed by atoms with Crippen LogP contribution in [0.25, 0.3) is 0 Å². The zero-order valence-corrected chi connectivity index (χ0v) is 9.64. The molecule has 0 spiro atoms. The third-order valence-corrected chi connectivity index (χ3v) is 2.41. The van der Waals surface area contributed by atoms with Crippen molar-refractivity contribution in [3.63, 3.8) is 0 Å². The molecule has 0 amide bonds. The van der Waals surface area contributed by atoms with Crippen molar-refractivity contribution in [3.05, 3.63) is 65.7 Å². The number of carbonyl (C=O) groups is 1. The second kappa shape index (κ2) is 5.30. The minimum Gasteiger partial charge on any atom is -0.494 e. The van der Waals surface area contributed by atoms with Gasteiger partial charge in [-0.1, -0.05) is 24.3 Å². The molecule has 0 aromatic heterocycles. The van der Waals surface area contributed by atoms with Crippen LogP contribution in [0.4, 0.5) is 0 Å². The fraction of sp³-hybridized carbons (Fsp3) is 0.133. The van der Waals surface area contributed by atoms with Crippen molar-refractivity contribution in [3.8, 4) is 5.75 Å². The first-order valence-corrected chi connectivity index (χ1v) is 5.55. The van der Waals surface area contributed by atoms with Gasteiger partial charge in [-0.3, -0.25) is 4.79 Å². The number of rotatable bonds is 4. The number of benzene rings is 2. The summed E-state index contributed by atoms with van der Waals surface area (Å²) in [6.45, 7) is 2.56. The predicted molar refractivity (Wildman–Crippen MR) is 66.3 cm³/mol. The van der Waals surface area contributed by atoms with E-state index in [1.165, 1.54) is 0 Å². The average molecular weight is 225 g/mol. The largest absolute Gasteiger partial charge is 0.494 e. The van der Waals surface area contributed by atoms with E-state index in [2.05, 4.69) is 6.07 Å². The van der Waals surface area contributed by atoms with E-state index in [4.69, 9.17) is 4.74 Å². The van der Waals surface area contributed by atoms with Crippen molar-refractivity contribution in [2.75, 3.05) is 6.61 Å². The third kappa shape index (κ3) is 2.72. The van der Waals surface area contributed by atoms with Gasteiger partial charge < -0.3 is 4.74 Å². The summed E-state index contributed by atoms with van der Waals surface area (Å²) >= 11 is 0. The Balaban J connectivity index is 2.20. The van der Waals surface area contributed by atoms with Gasteiger partial charge >= 0.3 is 0 Å². The first-order valence-electron chi connectivity index (χ1n) is 5.55. The summed E-state index contributed by atoms with van der Waals surface area (Å²) in [5.41, 5.74) is 1.34. The van der Waals surface area contributed by atoms with Gasteiger partial charge in [-0.15, -0.1) is 0 Å². The van der Waals surface area contributed by atoms with Gasteiger partial charge in [-0.05, 0) is 37.3 Å². The number of ketones is 1. The van der Waals surface area contributed by atoms with Crippen LogP contribution in [0.5, 0.6) is 5.75 Å². The summed E-state index contributed by atoms with van der Waals surface area (Å²) < 4.78 is 5.33. The van der Waals surface area contributed by atoms with Crippen molar-refractivity contribution in [2.24, 2.45) is 0 Å². The molecule has 2 nitrogen and oxygen atoms in total. The SMILES string of the molecule is CCOc1ccc(C(=O)c2cc[c]cc2)cc1. The van der Waals surface area contributed by atoms with Gasteiger partial charge in [0.25, 0.3) is 0 Å². The highest BCUT2D eigenvalue weighted by atomic mass is 16.5. The van der Waals surface area contributed by atoms with Crippen molar-refractivity contribution in [1.82, 2.24) is 0 Å². The molecule has 85 valence electrons. The maximum atomic E-state index is 12.1. The molecule has 2 rings (SSSR count). The van der Waals surface area contributed by atoms with Crippen LogP contribution in [0.1, 0.15) is 22.8 Å². The van der Waals surface area contributed by atoms with Crippen molar-refractivity contribution in [2.45, 2.75) is 6.92 Å². The maximum absolute atomic E-state index is 12.1. The van der Waals surface area contributed by atoms with Gasteiger partial charge in [0, 0.05) is 11.1 Å². The second-order valence-corrected chi connectivity index (χ2v) is 3.58. The lowest BCUT2D eigenvalue weighted by Crippen LogP contribution is -2.01. The molecule has 2 heteroatoms. The zero-order valence-electron chi connectivity index (χ0n) is 9.64. The Kier molecular flexibility index (Phi) is 3.55. The molecule has 0 heterocycles. The van der Waals surface area contributed by atoms with Gasteiger partial charge in [-0.2, -0.15) is 0 Å². The summed E-state index contributed by atoms with van der Waals surface area (Å²) in [7, 11) is 0. The lowest BCUT2D eigenvalue weighted by molar-refractivity contribution is 0.103. The molecule has 0 aliphatic carbocycles. The smallest absolute Gasteiger partial charge is 0.193 e. The van der Waals surface area contributed by atoms with Crippen molar-refractivity contribution >= 4 is 5.78 Å². The molecule has 0 N–H and O–H groups in total. The molecule has 0 saturated carbocycles. The molecule has 0 saturated heterocycles. The Morgan fingerprint density at radius 2 is 1.65 bits per heavy atom. The highest BCUT2D eigenvalue weighted by Gasteiger charge is 2.07. The van der Waals surface area contributed by atoms with E-state index in [1.54, 1.807) is 36.4 Å². The van der Waals surface area contributed by atoms with Crippen LogP contribution >= 0.6 is 0 Å². The normalized spacial score (nSPS) is 9.94. The van der Waals surface area contributed by atoms with Crippen LogP contribution in [-0.4, -0.2) is 12.4 Å². The highest BCUT2D eigenvalue weighted by molar-refractivity contribution is 6.08. The van der Waals surface area contributed by atoms with Crippen LogP contribution in [0.3, 0.4) is 0 Å². The van der Waals surface area contributed by atoms with Gasteiger partial charge in [0.05, 0.1) is 6.61 Å². The number of hydrogen-bond acceptors (Lipinski definition) is 2. The van der Waals surface area contributed by atoms with E-state index in [0.717, 1.165) is 5.75 Å². The molecule has 2 aromatic carbocycles. The fourth-order valence-corrected chi connectivity index (χ4v) is 1.57. The molecule has 2 aromatic rings. The van der Waals surface area contributed by atoms with Gasteiger partial charge in [0.15, 0.2) is 5.78 Å². The predicted octanol–water partition coefficient (Wildman–Crippen LogP) is 3.12. The van der Waals surface area contributed by atoms with E-state index in [9.17, 15) is 4.79 Å². The average Bonchev–Trinajstić information content (AvgIpc) is 2.40. The molecule has 0 unspecified atom stereocenters. The molecular formula is C15H13O2. The first kappa shape index (κ1) is 11.4. The summed E-state index contributed by atoms with van der Waals surface area (Å²) in [6.07, 6.45) is 0. The van der Waals surface area contributed by atoms with E-state index in [1.807, 2.05) is 19.1 Å². The topological polar surface area (TPSA) is 26.3 Å². The Bertz CT molecular complexity index is 486. The molecule has 17 heavy (non-hydrogen) atoms. The molecule has 0 fully saturated rings. The number of ether oxygens (including phenoxy) is 1. The lowest BCUT2D eigenvalue weighted by atomic mass is 10.0. The molecular weight excluding hydrogens is 212 g/mol. The van der Waals surface area contributed by atoms with Crippen LogP contribution in [0, 0.1) is 6.07 Å². The summed E-state index contributed by atoms with van der Waals surface area (Å²) in [6, 6.07) is 17.1. The van der Waals surface area contributed by atoms with Crippen LogP contribution < -0.4 is 4.74 Å². The van der Waals surface area contributed by atoms with Crippen LogP contribution in [-0.2, 0) is 0 Å². The number of hydrogen-bond donors (Lipinski definition) is 0. The van der Waals surface area contributed by atoms with Crippen molar-refractivity contribution < 1.29 is 9.53 Å². The van der Waals surface area contributed by atoms with E-state index < -0.39 is 0 Å². The van der Waals surface area contributed by atoms with E-state index in [0.29, 0.717) is 17.7 Å². The Hall–Kier alpha value is -2.09. The first-order chi connectivity index (χ1) is 8.31. The molecule has 1 radical (unpaired) electrons. The molecule has 0 aliphatic rings. The summed E-state index contributed by atoms with van der Waals surface area (Å²) in [4.78, 5) is 12.1. The minimum atomic E-state index is 0.0158. The molecule has 0 atom stereocenters. The quantitative estimate of drug-likeness (QED) is 0.747. The van der Waals surface area contributed by atoms with Gasteiger partial charge in [0.1, 0.15) is 5.75 Å². The van der Waals surface area contributed by atoms with Crippen LogP contribution in [0.2, 0.25) is 0 Å². The second-order valence-electron chi connectivity index (χ2n) is 3.58. The standard InChI is InChI=1S/C15H13O2/c1-2-17-14-10-8-13(9-11-14)15(16)12-6-4-3-5-7-12/h4-11H,2H2,1H3. The monoisotopic (exact) mass is 225 g/mol. The van der Waals surface area contributed by atoms with Crippen LogP contribution in [0.15, 0.2) is 48.5 Å².